The van der Waals surface area contributed by atoms with Crippen molar-refractivity contribution in [2.45, 2.75) is 94.2 Å². The summed E-state index contributed by atoms with van der Waals surface area (Å²) in [5, 5.41) is 9.64. The monoisotopic (exact) mass is 648 g/mol. The lowest BCUT2D eigenvalue weighted by Gasteiger charge is -2.38. The van der Waals surface area contributed by atoms with Crippen molar-refractivity contribution in [1.82, 2.24) is 14.2 Å². The molecule has 2 atom stereocenters. The normalized spacial score (nSPS) is 22.7. The highest BCUT2D eigenvalue weighted by Gasteiger charge is 2.42. The largest absolute Gasteiger partial charge is 0.480 e. The van der Waals surface area contributed by atoms with E-state index in [2.05, 4.69) is 4.98 Å². The Morgan fingerprint density at radius 3 is 2.47 bits per heavy atom. The van der Waals surface area contributed by atoms with E-state index in [1.165, 1.54) is 6.07 Å². The molecule has 5 rings (SSSR count). The standard InChI is InChI=1S/C32H42F2N4O6S/c1-23-11-12-28(45(42,43)38-19-6-10-27(38)30(39)40)29(35-23)36-18-5-9-24(21-36)15-20-37(26-13-16-32(33,34)17-14-26)31(41)44-22-25-7-3-2-4-8-25/h2-4,7-8,11-12,24,26-27H,5-6,9-10,13-22H2,1H3,(H,39,40)/t24-,27+/m1/s1. The molecule has 0 spiro atoms. The van der Waals surface area contributed by atoms with E-state index in [-0.39, 0.29) is 62.1 Å². The molecule has 3 heterocycles. The Hall–Kier alpha value is -3.32. The maximum absolute atomic E-state index is 14.0. The van der Waals surface area contributed by atoms with E-state index in [1.807, 2.05) is 35.2 Å². The third kappa shape index (κ3) is 7.92. The molecule has 1 N–H and O–H groups in total. The number of amides is 1. The number of aryl methyl sites for hydroxylation is 1. The Kier molecular flexibility index (Phi) is 10.3. The van der Waals surface area contributed by atoms with Gasteiger partial charge in [0, 0.05) is 50.8 Å². The van der Waals surface area contributed by atoms with Crippen molar-refractivity contribution in [1.29, 1.82) is 0 Å². The van der Waals surface area contributed by atoms with Gasteiger partial charge in [-0.1, -0.05) is 30.3 Å². The number of hydrogen-bond donors (Lipinski definition) is 1. The second-order valence-corrected chi connectivity index (χ2v) is 14.3. The van der Waals surface area contributed by atoms with E-state index in [1.54, 1.807) is 17.9 Å². The summed E-state index contributed by atoms with van der Waals surface area (Å²) in [7, 11) is -4.12. The number of pyridine rings is 1. The number of carbonyl (C=O) groups is 2. The summed E-state index contributed by atoms with van der Waals surface area (Å²) in [6, 6.07) is 11.0. The predicted octanol–water partition coefficient (Wildman–Crippen LogP) is 5.45. The summed E-state index contributed by atoms with van der Waals surface area (Å²) >= 11 is 0. The maximum atomic E-state index is 14.0. The number of carboxylic acid groups (broad SMARTS) is 1. The van der Waals surface area contributed by atoms with E-state index < -0.39 is 34.1 Å². The Morgan fingerprint density at radius 2 is 1.76 bits per heavy atom. The topological polar surface area (TPSA) is 120 Å². The minimum absolute atomic E-state index is 0.00356. The molecule has 0 radical (unpaired) electrons. The molecule has 0 bridgehead atoms. The Bertz CT molecular complexity index is 1450. The van der Waals surface area contributed by atoms with Gasteiger partial charge in [0.2, 0.25) is 15.9 Å². The van der Waals surface area contributed by atoms with Crippen molar-refractivity contribution in [2.24, 2.45) is 5.92 Å². The fourth-order valence-corrected chi connectivity index (χ4v) is 8.53. The van der Waals surface area contributed by atoms with Crippen LogP contribution in [0.25, 0.3) is 0 Å². The van der Waals surface area contributed by atoms with Gasteiger partial charge >= 0.3 is 12.1 Å². The van der Waals surface area contributed by atoms with Crippen LogP contribution in [0.2, 0.25) is 0 Å². The first-order chi connectivity index (χ1) is 21.4. The number of carbonyl (C=O) groups excluding carboxylic acids is 1. The molecule has 2 aromatic rings. The minimum Gasteiger partial charge on any atom is -0.480 e. The van der Waals surface area contributed by atoms with Crippen LogP contribution in [-0.4, -0.2) is 84.0 Å². The van der Waals surface area contributed by atoms with Crippen molar-refractivity contribution in [3.63, 3.8) is 0 Å². The fourth-order valence-electron chi connectivity index (χ4n) is 6.74. The van der Waals surface area contributed by atoms with Gasteiger partial charge in [0.1, 0.15) is 23.4 Å². The first-order valence-electron chi connectivity index (χ1n) is 15.8. The number of benzene rings is 1. The first kappa shape index (κ1) is 33.1. The highest BCUT2D eigenvalue weighted by atomic mass is 32.2. The van der Waals surface area contributed by atoms with Crippen molar-refractivity contribution >= 4 is 27.9 Å². The third-order valence-electron chi connectivity index (χ3n) is 9.22. The second kappa shape index (κ2) is 14.0. The van der Waals surface area contributed by atoms with Gasteiger partial charge in [-0.2, -0.15) is 4.31 Å². The number of aromatic nitrogens is 1. The quantitative estimate of drug-likeness (QED) is 0.361. The summed E-state index contributed by atoms with van der Waals surface area (Å²) in [5.74, 6) is -3.49. The van der Waals surface area contributed by atoms with E-state index in [4.69, 9.17) is 4.74 Å². The Balaban J connectivity index is 1.30. The number of alkyl halides is 2. The van der Waals surface area contributed by atoms with E-state index in [0.717, 1.165) is 22.7 Å². The van der Waals surface area contributed by atoms with Crippen LogP contribution >= 0.6 is 0 Å². The van der Waals surface area contributed by atoms with Crippen molar-refractivity contribution < 1.29 is 36.6 Å². The van der Waals surface area contributed by atoms with Crippen LogP contribution in [0.5, 0.6) is 0 Å². The summed E-state index contributed by atoms with van der Waals surface area (Å²) in [5.41, 5.74) is 1.48. The average Bonchev–Trinajstić information content (AvgIpc) is 3.53. The molecule has 1 aromatic carbocycles. The fraction of sp³-hybridized carbons (Fsp3) is 0.594. The molecule has 1 aliphatic carbocycles. The molecule has 1 saturated carbocycles. The molecule has 3 fully saturated rings. The number of nitrogens with zero attached hydrogens (tertiary/aromatic N) is 4. The predicted molar refractivity (Wildman–Crippen MR) is 164 cm³/mol. The van der Waals surface area contributed by atoms with Crippen LogP contribution in [0, 0.1) is 12.8 Å². The van der Waals surface area contributed by atoms with Gasteiger partial charge in [-0.05, 0) is 75.5 Å². The van der Waals surface area contributed by atoms with E-state index in [9.17, 15) is 31.9 Å². The highest BCUT2D eigenvalue weighted by Crippen LogP contribution is 2.37. The molecule has 10 nitrogen and oxygen atoms in total. The SMILES string of the molecule is Cc1ccc(S(=O)(=O)N2CCC[C@H]2C(=O)O)c(N2CCC[C@H](CCN(C(=O)OCc3ccccc3)C3CCC(F)(F)CC3)C2)n1. The number of hydrogen-bond acceptors (Lipinski definition) is 7. The zero-order valence-electron chi connectivity index (χ0n) is 25.6. The number of anilines is 1. The van der Waals surface area contributed by atoms with Gasteiger partial charge < -0.3 is 19.6 Å². The van der Waals surface area contributed by atoms with Crippen LogP contribution in [0.1, 0.15) is 69.0 Å². The first-order valence-corrected chi connectivity index (χ1v) is 17.2. The molecular weight excluding hydrogens is 606 g/mol. The summed E-state index contributed by atoms with van der Waals surface area (Å²) in [6.45, 7) is 3.42. The summed E-state index contributed by atoms with van der Waals surface area (Å²) < 4.78 is 62.2. The van der Waals surface area contributed by atoms with Gasteiger partial charge in [-0.15, -0.1) is 0 Å². The second-order valence-electron chi connectivity index (χ2n) is 12.5. The van der Waals surface area contributed by atoms with Gasteiger partial charge in [-0.25, -0.2) is 27.0 Å². The van der Waals surface area contributed by atoms with Crippen LogP contribution in [0.15, 0.2) is 47.4 Å². The molecular formula is C32H42F2N4O6S. The van der Waals surface area contributed by atoms with E-state index in [0.29, 0.717) is 44.0 Å². The van der Waals surface area contributed by atoms with Crippen LogP contribution in [0.4, 0.5) is 19.4 Å². The number of ether oxygens (including phenoxy) is 1. The lowest BCUT2D eigenvalue weighted by atomic mass is 9.90. The molecule has 13 heteroatoms. The van der Waals surface area contributed by atoms with Crippen molar-refractivity contribution in [3.05, 3.63) is 53.7 Å². The molecule has 2 saturated heterocycles. The zero-order chi connectivity index (χ0) is 32.2. The lowest BCUT2D eigenvalue weighted by molar-refractivity contribution is -0.140. The number of rotatable bonds is 10. The number of carboxylic acids is 1. The van der Waals surface area contributed by atoms with Crippen LogP contribution in [0.3, 0.4) is 0 Å². The summed E-state index contributed by atoms with van der Waals surface area (Å²) in [6.07, 6.45) is 2.29. The number of aliphatic carboxylic acids is 1. The van der Waals surface area contributed by atoms with Gasteiger partial charge in [0.25, 0.3) is 0 Å². The lowest BCUT2D eigenvalue weighted by Crippen LogP contribution is -2.46. The van der Waals surface area contributed by atoms with E-state index >= 15 is 0 Å². The third-order valence-corrected chi connectivity index (χ3v) is 11.1. The molecule has 246 valence electrons. The van der Waals surface area contributed by atoms with Crippen molar-refractivity contribution in [2.75, 3.05) is 31.1 Å². The number of piperidine rings is 1. The number of sulfonamides is 1. The van der Waals surface area contributed by atoms with Gasteiger partial charge in [0.05, 0.1) is 0 Å². The van der Waals surface area contributed by atoms with Crippen LogP contribution < -0.4 is 4.90 Å². The maximum Gasteiger partial charge on any atom is 0.410 e. The Morgan fingerprint density at radius 1 is 1.04 bits per heavy atom. The van der Waals surface area contributed by atoms with Gasteiger partial charge in [0.15, 0.2) is 0 Å². The van der Waals surface area contributed by atoms with Crippen molar-refractivity contribution in [3.8, 4) is 0 Å². The molecule has 3 aliphatic rings. The Labute approximate surface area is 263 Å². The molecule has 1 aromatic heterocycles. The molecule has 2 aliphatic heterocycles. The number of halogens is 2. The summed E-state index contributed by atoms with van der Waals surface area (Å²) in [4.78, 5) is 33.3. The minimum atomic E-state index is -4.12. The highest BCUT2D eigenvalue weighted by molar-refractivity contribution is 7.89. The molecule has 1 amide bonds. The molecule has 0 unspecified atom stereocenters. The molecule has 45 heavy (non-hydrogen) atoms. The zero-order valence-corrected chi connectivity index (χ0v) is 26.4. The smallest absolute Gasteiger partial charge is 0.410 e. The van der Waals surface area contributed by atoms with Crippen LogP contribution in [-0.2, 0) is 26.2 Å². The average molecular weight is 649 g/mol. The van der Waals surface area contributed by atoms with Gasteiger partial charge in [-0.3, -0.25) is 4.79 Å².